The molecule has 1 aliphatic heterocycles. The van der Waals surface area contributed by atoms with Crippen LogP contribution >= 0.6 is 0 Å². The van der Waals surface area contributed by atoms with E-state index in [-0.39, 0.29) is 12.0 Å². The van der Waals surface area contributed by atoms with E-state index in [1.807, 2.05) is 30.3 Å². The lowest BCUT2D eigenvalue weighted by Gasteiger charge is -2.11. The van der Waals surface area contributed by atoms with E-state index in [0.717, 1.165) is 37.2 Å². The Morgan fingerprint density at radius 1 is 1.12 bits per heavy atom. The van der Waals surface area contributed by atoms with Gasteiger partial charge in [-0.05, 0) is 55.2 Å². The van der Waals surface area contributed by atoms with Crippen LogP contribution in [0.25, 0.3) is 10.9 Å². The van der Waals surface area contributed by atoms with Crippen LogP contribution in [0.5, 0.6) is 0 Å². The summed E-state index contributed by atoms with van der Waals surface area (Å²) in [5.41, 5.74) is 4.33. The van der Waals surface area contributed by atoms with Crippen LogP contribution in [-0.4, -0.2) is 30.1 Å². The SMILES string of the molecule is O=C(Nc1ccc(NCCc2c[nH]c3ccccc23)cc1)C1CCCO1. The van der Waals surface area contributed by atoms with E-state index in [0.29, 0.717) is 6.61 Å². The molecule has 0 radical (unpaired) electrons. The molecular weight excluding hydrogens is 326 g/mol. The van der Waals surface area contributed by atoms with Crippen molar-refractivity contribution in [3.63, 3.8) is 0 Å². The zero-order valence-electron chi connectivity index (χ0n) is 14.6. The molecule has 1 aliphatic rings. The van der Waals surface area contributed by atoms with E-state index in [1.54, 1.807) is 0 Å². The Labute approximate surface area is 152 Å². The number of carbonyl (C=O) groups is 1. The minimum atomic E-state index is -0.302. The summed E-state index contributed by atoms with van der Waals surface area (Å²) in [5.74, 6) is -0.0532. The van der Waals surface area contributed by atoms with Gasteiger partial charge < -0.3 is 20.4 Å². The molecule has 1 aromatic heterocycles. The third-order valence-corrected chi connectivity index (χ3v) is 4.77. The van der Waals surface area contributed by atoms with Gasteiger partial charge in [0.05, 0.1) is 0 Å². The molecule has 0 bridgehead atoms. The lowest BCUT2D eigenvalue weighted by Crippen LogP contribution is -2.26. The van der Waals surface area contributed by atoms with Crippen molar-refractivity contribution in [1.29, 1.82) is 0 Å². The highest BCUT2D eigenvalue weighted by Gasteiger charge is 2.23. The summed E-state index contributed by atoms with van der Waals surface area (Å²) in [4.78, 5) is 15.4. The van der Waals surface area contributed by atoms with E-state index in [1.165, 1.54) is 16.5 Å². The number of hydrogen-bond acceptors (Lipinski definition) is 3. The number of anilines is 2. The fourth-order valence-electron chi connectivity index (χ4n) is 3.36. The Morgan fingerprint density at radius 3 is 2.73 bits per heavy atom. The molecule has 1 saturated heterocycles. The maximum absolute atomic E-state index is 12.1. The topological polar surface area (TPSA) is 66.2 Å². The van der Waals surface area contributed by atoms with Crippen molar-refractivity contribution in [3.05, 3.63) is 60.3 Å². The molecule has 3 N–H and O–H groups in total. The van der Waals surface area contributed by atoms with E-state index in [4.69, 9.17) is 4.74 Å². The maximum Gasteiger partial charge on any atom is 0.253 e. The Hall–Kier alpha value is -2.79. The number of H-pyrrole nitrogens is 1. The molecule has 5 heteroatoms. The lowest BCUT2D eigenvalue weighted by atomic mass is 10.1. The number of aromatic nitrogens is 1. The first-order valence-corrected chi connectivity index (χ1v) is 9.11. The van der Waals surface area contributed by atoms with Crippen molar-refractivity contribution in [2.75, 3.05) is 23.8 Å². The number of para-hydroxylation sites is 1. The van der Waals surface area contributed by atoms with Crippen molar-refractivity contribution in [2.45, 2.75) is 25.4 Å². The molecule has 134 valence electrons. The zero-order chi connectivity index (χ0) is 17.8. The van der Waals surface area contributed by atoms with Gasteiger partial charge in [0, 0.05) is 41.6 Å². The molecule has 0 aliphatic carbocycles. The fraction of sp³-hybridized carbons (Fsp3) is 0.286. The van der Waals surface area contributed by atoms with Crippen LogP contribution in [0.4, 0.5) is 11.4 Å². The molecule has 1 atom stereocenters. The van der Waals surface area contributed by atoms with Gasteiger partial charge in [0.1, 0.15) is 6.10 Å². The number of aromatic amines is 1. The number of benzene rings is 2. The molecule has 1 unspecified atom stereocenters. The molecule has 2 heterocycles. The standard InChI is InChI=1S/C21H23N3O2/c25-21(20-6-3-13-26-20)24-17-9-7-16(8-10-17)22-12-11-15-14-23-19-5-2-1-4-18(15)19/h1-2,4-5,7-10,14,20,22-23H,3,6,11-13H2,(H,24,25). The largest absolute Gasteiger partial charge is 0.385 e. The molecule has 2 aromatic carbocycles. The van der Waals surface area contributed by atoms with Crippen molar-refractivity contribution < 1.29 is 9.53 Å². The number of fused-ring (bicyclic) bond motifs is 1. The van der Waals surface area contributed by atoms with Crippen molar-refractivity contribution in [3.8, 4) is 0 Å². The second-order valence-corrected chi connectivity index (χ2v) is 6.60. The van der Waals surface area contributed by atoms with Gasteiger partial charge in [-0.2, -0.15) is 0 Å². The fourth-order valence-corrected chi connectivity index (χ4v) is 3.36. The van der Waals surface area contributed by atoms with Crippen LogP contribution in [0, 0.1) is 0 Å². The predicted molar refractivity (Wildman–Crippen MR) is 105 cm³/mol. The average Bonchev–Trinajstić information content (AvgIpc) is 3.34. The second kappa shape index (κ2) is 7.62. The molecule has 5 nitrogen and oxygen atoms in total. The third kappa shape index (κ3) is 3.73. The van der Waals surface area contributed by atoms with Gasteiger partial charge in [-0.15, -0.1) is 0 Å². The third-order valence-electron chi connectivity index (χ3n) is 4.77. The number of rotatable bonds is 6. The lowest BCUT2D eigenvalue weighted by molar-refractivity contribution is -0.124. The summed E-state index contributed by atoms with van der Waals surface area (Å²) in [6.45, 7) is 1.53. The van der Waals surface area contributed by atoms with Crippen LogP contribution < -0.4 is 10.6 Å². The molecule has 26 heavy (non-hydrogen) atoms. The molecule has 3 aromatic rings. The van der Waals surface area contributed by atoms with Crippen LogP contribution in [0.2, 0.25) is 0 Å². The number of amides is 1. The molecule has 1 fully saturated rings. The van der Waals surface area contributed by atoms with Crippen LogP contribution in [0.3, 0.4) is 0 Å². The molecule has 1 amide bonds. The van der Waals surface area contributed by atoms with Crippen LogP contribution in [0.1, 0.15) is 18.4 Å². The summed E-state index contributed by atoms with van der Waals surface area (Å²) in [7, 11) is 0. The van der Waals surface area contributed by atoms with E-state index < -0.39 is 0 Å². The average molecular weight is 349 g/mol. The second-order valence-electron chi connectivity index (χ2n) is 6.60. The van der Waals surface area contributed by atoms with Crippen LogP contribution in [0.15, 0.2) is 54.7 Å². The molecule has 0 saturated carbocycles. The maximum atomic E-state index is 12.1. The van der Waals surface area contributed by atoms with Crippen molar-refractivity contribution in [1.82, 2.24) is 4.98 Å². The summed E-state index contributed by atoms with van der Waals surface area (Å²) in [5, 5.41) is 7.62. The molecule has 0 spiro atoms. The van der Waals surface area contributed by atoms with Crippen molar-refractivity contribution in [2.24, 2.45) is 0 Å². The van der Waals surface area contributed by atoms with Gasteiger partial charge in [-0.3, -0.25) is 4.79 Å². The van der Waals surface area contributed by atoms with Gasteiger partial charge in [0.15, 0.2) is 0 Å². The highest BCUT2D eigenvalue weighted by Crippen LogP contribution is 2.19. The van der Waals surface area contributed by atoms with E-state index in [9.17, 15) is 4.79 Å². The quantitative estimate of drug-likeness (QED) is 0.631. The first-order chi connectivity index (χ1) is 12.8. The summed E-state index contributed by atoms with van der Waals surface area (Å²) in [6.07, 6.45) is 4.48. The van der Waals surface area contributed by atoms with Crippen molar-refractivity contribution >= 4 is 28.2 Å². The Bertz CT molecular complexity index is 880. The number of carbonyl (C=O) groups excluding carboxylic acids is 1. The monoisotopic (exact) mass is 349 g/mol. The van der Waals surface area contributed by atoms with Gasteiger partial charge in [0.25, 0.3) is 5.91 Å². The van der Waals surface area contributed by atoms with E-state index in [2.05, 4.69) is 40.0 Å². The van der Waals surface area contributed by atoms with Gasteiger partial charge in [-0.1, -0.05) is 18.2 Å². The predicted octanol–water partition coefficient (Wildman–Crippen LogP) is 3.94. The highest BCUT2D eigenvalue weighted by atomic mass is 16.5. The Balaban J connectivity index is 1.29. The summed E-state index contributed by atoms with van der Waals surface area (Å²) >= 11 is 0. The first-order valence-electron chi connectivity index (χ1n) is 9.11. The Morgan fingerprint density at radius 2 is 1.92 bits per heavy atom. The number of ether oxygens (including phenoxy) is 1. The van der Waals surface area contributed by atoms with Gasteiger partial charge in [-0.25, -0.2) is 0 Å². The van der Waals surface area contributed by atoms with Crippen LogP contribution in [-0.2, 0) is 16.0 Å². The minimum Gasteiger partial charge on any atom is -0.385 e. The Kier molecular flexibility index (Phi) is 4.88. The number of hydrogen-bond donors (Lipinski definition) is 3. The molecule has 4 rings (SSSR count). The van der Waals surface area contributed by atoms with E-state index >= 15 is 0 Å². The molecular formula is C21H23N3O2. The summed E-state index contributed by atoms with van der Waals surface area (Å²) in [6, 6.07) is 16.2. The normalized spacial score (nSPS) is 16.7. The first kappa shape index (κ1) is 16.7. The zero-order valence-corrected chi connectivity index (χ0v) is 14.6. The number of nitrogens with one attached hydrogen (secondary N) is 3. The smallest absolute Gasteiger partial charge is 0.253 e. The van der Waals surface area contributed by atoms with Gasteiger partial charge >= 0.3 is 0 Å². The highest BCUT2D eigenvalue weighted by molar-refractivity contribution is 5.94. The summed E-state index contributed by atoms with van der Waals surface area (Å²) < 4.78 is 5.40. The van der Waals surface area contributed by atoms with Gasteiger partial charge in [0.2, 0.25) is 0 Å². The minimum absolute atomic E-state index is 0.0532.